The number of benzene rings is 2. The van der Waals surface area contributed by atoms with E-state index in [2.05, 4.69) is 5.32 Å². The number of nitrogens with zero attached hydrogens (tertiary/aromatic N) is 3. The zero-order valence-corrected chi connectivity index (χ0v) is 16.2. The summed E-state index contributed by atoms with van der Waals surface area (Å²) in [6.45, 7) is 0.288. The van der Waals surface area contributed by atoms with Crippen LogP contribution in [0.25, 0.3) is 28.1 Å². The van der Waals surface area contributed by atoms with E-state index in [-0.39, 0.29) is 23.6 Å². The maximum atomic E-state index is 12.7. The van der Waals surface area contributed by atoms with Crippen LogP contribution >= 0.6 is 0 Å². The number of nitrogens with two attached hydrogens (primary N) is 1. The van der Waals surface area contributed by atoms with E-state index in [1.165, 1.54) is 4.57 Å². The van der Waals surface area contributed by atoms with E-state index in [0.29, 0.717) is 23.6 Å². The van der Waals surface area contributed by atoms with Crippen LogP contribution in [0.4, 0.5) is 5.82 Å². The van der Waals surface area contributed by atoms with Gasteiger partial charge in [-0.25, -0.2) is 4.98 Å². The van der Waals surface area contributed by atoms with E-state index < -0.39 is 17.4 Å². The molecule has 0 aliphatic carbocycles. The van der Waals surface area contributed by atoms with E-state index in [1.807, 2.05) is 34.9 Å². The molecule has 4 aromatic rings. The first kappa shape index (κ1) is 18.8. The smallest absolute Gasteiger partial charge is 0.262 e. The Hall–Kier alpha value is -4.24. The van der Waals surface area contributed by atoms with Gasteiger partial charge in [-0.1, -0.05) is 30.3 Å². The highest BCUT2D eigenvalue weighted by Crippen LogP contribution is 2.28. The fourth-order valence-corrected chi connectivity index (χ4v) is 3.94. The van der Waals surface area contributed by atoms with Crippen LogP contribution in [0.3, 0.4) is 0 Å². The van der Waals surface area contributed by atoms with Crippen LogP contribution in [-0.4, -0.2) is 37.6 Å². The minimum atomic E-state index is -0.637. The Morgan fingerprint density at radius 2 is 1.77 bits per heavy atom. The molecule has 1 aliphatic heterocycles. The largest absolute Gasteiger partial charge is 0.395 e. The molecule has 0 atom stereocenters. The van der Waals surface area contributed by atoms with Gasteiger partial charge < -0.3 is 15.4 Å². The van der Waals surface area contributed by atoms with Gasteiger partial charge in [0.15, 0.2) is 0 Å². The number of carbonyl (C=O) groups is 2. The van der Waals surface area contributed by atoms with Gasteiger partial charge in [-0.05, 0) is 18.2 Å². The van der Waals surface area contributed by atoms with E-state index in [9.17, 15) is 19.5 Å². The number of hydrogen-bond donors (Lipinski definition) is 3. The van der Waals surface area contributed by atoms with Crippen LogP contribution in [0.1, 0.15) is 20.7 Å². The standard InChI is InChI=1S/C22H17N5O4/c23-19-18-14(21(30)25-22(18)31)11-17(29)27(19)13-6-7-16-15(10-13)24-20(26(16)8-9-28)12-4-2-1-3-5-12/h1-7,10-11,28H,8-9,23H2,(H,25,30,31). The average Bonchev–Trinajstić information content (AvgIpc) is 3.25. The highest BCUT2D eigenvalue weighted by Gasteiger charge is 2.32. The van der Waals surface area contributed by atoms with Crippen molar-refractivity contribution in [2.24, 2.45) is 0 Å². The van der Waals surface area contributed by atoms with Gasteiger partial charge in [0.25, 0.3) is 17.4 Å². The quantitative estimate of drug-likeness (QED) is 0.431. The Morgan fingerprint density at radius 3 is 2.52 bits per heavy atom. The van der Waals surface area contributed by atoms with Crippen LogP contribution in [0.5, 0.6) is 0 Å². The molecule has 5 rings (SSSR count). The van der Waals surface area contributed by atoms with Crippen molar-refractivity contribution in [2.75, 3.05) is 12.3 Å². The zero-order chi connectivity index (χ0) is 21.7. The van der Waals surface area contributed by atoms with Crippen molar-refractivity contribution in [3.63, 3.8) is 0 Å². The molecule has 0 spiro atoms. The fraction of sp³-hybridized carbons (Fsp3) is 0.0909. The maximum absolute atomic E-state index is 12.7. The molecule has 9 nitrogen and oxygen atoms in total. The molecule has 0 radical (unpaired) electrons. The highest BCUT2D eigenvalue weighted by molar-refractivity contribution is 6.23. The Balaban J connectivity index is 1.72. The first-order valence-corrected chi connectivity index (χ1v) is 9.57. The molecule has 0 saturated carbocycles. The molecule has 0 unspecified atom stereocenters. The highest BCUT2D eigenvalue weighted by atomic mass is 16.3. The summed E-state index contributed by atoms with van der Waals surface area (Å²) in [5, 5.41) is 11.7. The lowest BCUT2D eigenvalue weighted by Crippen LogP contribution is -2.24. The van der Waals surface area contributed by atoms with Gasteiger partial charge >= 0.3 is 0 Å². The number of aliphatic hydroxyl groups is 1. The minimum Gasteiger partial charge on any atom is -0.395 e. The summed E-state index contributed by atoms with van der Waals surface area (Å²) in [5.41, 5.74) is 8.23. The van der Waals surface area contributed by atoms with Crippen molar-refractivity contribution >= 4 is 28.7 Å². The summed E-state index contributed by atoms with van der Waals surface area (Å²) in [6.07, 6.45) is 0. The van der Waals surface area contributed by atoms with Crippen molar-refractivity contribution in [3.8, 4) is 17.1 Å². The topological polar surface area (TPSA) is 132 Å². The Morgan fingerprint density at radius 1 is 1.00 bits per heavy atom. The second-order valence-corrected chi connectivity index (χ2v) is 7.12. The summed E-state index contributed by atoms with van der Waals surface area (Å²) in [6, 6.07) is 15.8. The number of aromatic nitrogens is 3. The number of nitrogens with one attached hydrogen (secondary N) is 1. The Labute approximate surface area is 175 Å². The predicted octanol–water partition coefficient (Wildman–Crippen LogP) is 1.31. The van der Waals surface area contributed by atoms with Gasteiger partial charge in [0.2, 0.25) is 0 Å². The number of fused-ring (bicyclic) bond motifs is 2. The maximum Gasteiger partial charge on any atom is 0.262 e. The van der Waals surface area contributed by atoms with Gasteiger partial charge in [0, 0.05) is 18.2 Å². The van der Waals surface area contributed by atoms with E-state index in [1.54, 1.807) is 18.2 Å². The van der Waals surface area contributed by atoms with Crippen LogP contribution in [0.15, 0.2) is 59.4 Å². The molecule has 2 aromatic carbocycles. The molecule has 2 amide bonds. The molecule has 4 N–H and O–H groups in total. The van der Waals surface area contributed by atoms with E-state index in [4.69, 9.17) is 10.7 Å². The van der Waals surface area contributed by atoms with Crippen LogP contribution in [0.2, 0.25) is 0 Å². The van der Waals surface area contributed by atoms with Gasteiger partial charge in [-0.3, -0.25) is 24.3 Å². The number of anilines is 1. The minimum absolute atomic E-state index is 0.0134. The Kier molecular flexibility index (Phi) is 4.19. The number of imide groups is 1. The molecule has 154 valence electrons. The van der Waals surface area contributed by atoms with Crippen molar-refractivity contribution in [1.82, 2.24) is 19.4 Å². The van der Waals surface area contributed by atoms with Crippen molar-refractivity contribution in [2.45, 2.75) is 6.54 Å². The molecule has 2 aromatic heterocycles. The van der Waals surface area contributed by atoms with Gasteiger partial charge in [0.05, 0.1) is 34.5 Å². The predicted molar refractivity (Wildman–Crippen MR) is 114 cm³/mol. The molecule has 0 bridgehead atoms. The molecule has 3 heterocycles. The van der Waals surface area contributed by atoms with Crippen molar-refractivity contribution < 1.29 is 14.7 Å². The monoisotopic (exact) mass is 415 g/mol. The SMILES string of the molecule is Nc1c2c(cc(=O)n1-c1ccc3c(c1)nc(-c1ccccc1)n3CCO)C(=O)NC2=O. The number of amides is 2. The first-order valence-electron chi connectivity index (χ1n) is 9.57. The number of aliphatic hydroxyl groups excluding tert-OH is 1. The number of pyridine rings is 1. The summed E-state index contributed by atoms with van der Waals surface area (Å²) in [5.74, 6) is -0.697. The molecule has 1 aliphatic rings. The van der Waals surface area contributed by atoms with Crippen LogP contribution < -0.4 is 16.6 Å². The number of hydrogen-bond acceptors (Lipinski definition) is 6. The third kappa shape index (κ3) is 2.82. The lowest BCUT2D eigenvalue weighted by Gasteiger charge is -2.12. The second kappa shape index (κ2) is 6.92. The summed E-state index contributed by atoms with van der Waals surface area (Å²) < 4.78 is 3.08. The Bertz CT molecular complexity index is 1440. The molecular formula is C22H17N5O4. The number of carbonyl (C=O) groups excluding carboxylic acids is 2. The third-order valence-electron chi connectivity index (χ3n) is 5.30. The van der Waals surface area contributed by atoms with Crippen LogP contribution in [-0.2, 0) is 6.54 Å². The molecule has 0 saturated heterocycles. The van der Waals surface area contributed by atoms with E-state index >= 15 is 0 Å². The lowest BCUT2D eigenvalue weighted by molar-refractivity contribution is 0.0880. The zero-order valence-electron chi connectivity index (χ0n) is 16.2. The first-order chi connectivity index (χ1) is 15.0. The van der Waals surface area contributed by atoms with Gasteiger partial charge in [-0.2, -0.15) is 0 Å². The van der Waals surface area contributed by atoms with Gasteiger partial charge in [0.1, 0.15) is 11.6 Å². The normalized spacial score (nSPS) is 12.9. The van der Waals surface area contributed by atoms with Crippen LogP contribution in [0, 0.1) is 0 Å². The fourth-order valence-electron chi connectivity index (χ4n) is 3.94. The summed E-state index contributed by atoms with van der Waals surface area (Å²) in [7, 11) is 0. The van der Waals surface area contributed by atoms with Crippen molar-refractivity contribution in [3.05, 3.63) is 76.1 Å². The summed E-state index contributed by atoms with van der Waals surface area (Å²) in [4.78, 5) is 41.4. The number of nitrogen functional groups attached to an aromatic ring is 1. The van der Waals surface area contributed by atoms with E-state index in [0.717, 1.165) is 17.1 Å². The number of imidazole rings is 1. The van der Waals surface area contributed by atoms with Gasteiger partial charge in [-0.15, -0.1) is 0 Å². The molecule has 31 heavy (non-hydrogen) atoms. The third-order valence-corrected chi connectivity index (χ3v) is 5.30. The average molecular weight is 415 g/mol. The molecular weight excluding hydrogens is 398 g/mol. The summed E-state index contributed by atoms with van der Waals surface area (Å²) >= 11 is 0. The molecule has 0 fully saturated rings. The number of rotatable bonds is 4. The molecule has 9 heteroatoms. The lowest BCUT2D eigenvalue weighted by atomic mass is 10.1. The van der Waals surface area contributed by atoms with Crippen molar-refractivity contribution in [1.29, 1.82) is 0 Å². The second-order valence-electron chi connectivity index (χ2n) is 7.12.